The van der Waals surface area contributed by atoms with E-state index in [1.807, 2.05) is 54.4 Å². The number of halogens is 1. The lowest BCUT2D eigenvalue weighted by Crippen LogP contribution is -2.42. The van der Waals surface area contributed by atoms with Gasteiger partial charge in [0.2, 0.25) is 11.8 Å². The maximum absolute atomic E-state index is 12.8. The Balaban J connectivity index is 0.00000196. The summed E-state index contributed by atoms with van der Waals surface area (Å²) in [6, 6.07) is 14.3. The van der Waals surface area contributed by atoms with Gasteiger partial charge in [0.25, 0.3) is 0 Å². The third-order valence-electron chi connectivity index (χ3n) is 5.46. The van der Waals surface area contributed by atoms with Crippen LogP contribution in [0.5, 0.6) is 0 Å². The Morgan fingerprint density at radius 2 is 1.96 bits per heavy atom. The molecule has 138 valence electrons. The van der Waals surface area contributed by atoms with Crippen molar-refractivity contribution in [1.82, 2.24) is 10.2 Å². The summed E-state index contributed by atoms with van der Waals surface area (Å²) in [7, 11) is 1.87. The molecule has 2 aliphatic rings. The maximum atomic E-state index is 12.8. The van der Waals surface area contributed by atoms with Crippen molar-refractivity contribution in [2.75, 3.05) is 31.6 Å². The molecule has 6 heteroatoms. The van der Waals surface area contributed by atoms with Gasteiger partial charge in [0.1, 0.15) is 0 Å². The predicted molar refractivity (Wildman–Crippen MR) is 106 cm³/mol. The monoisotopic (exact) mass is 373 g/mol. The molecule has 0 aliphatic carbocycles. The Morgan fingerprint density at radius 3 is 2.73 bits per heavy atom. The summed E-state index contributed by atoms with van der Waals surface area (Å²) in [4.78, 5) is 29.1. The van der Waals surface area contributed by atoms with Crippen LogP contribution in [0.3, 0.4) is 0 Å². The van der Waals surface area contributed by atoms with Crippen LogP contribution in [0, 0.1) is 5.92 Å². The van der Waals surface area contributed by atoms with Gasteiger partial charge < -0.3 is 15.1 Å². The number of benzene rings is 2. The smallest absolute Gasteiger partial charge is 0.228 e. The van der Waals surface area contributed by atoms with E-state index >= 15 is 0 Å². The molecule has 2 atom stereocenters. The van der Waals surface area contributed by atoms with E-state index < -0.39 is 0 Å². The van der Waals surface area contributed by atoms with Gasteiger partial charge in [0, 0.05) is 38.0 Å². The molecule has 2 aliphatic heterocycles. The Hall–Kier alpha value is -2.11. The van der Waals surface area contributed by atoms with Crippen LogP contribution >= 0.6 is 12.4 Å². The molecule has 2 aromatic rings. The molecular weight excluding hydrogens is 350 g/mol. The standard InChI is InChI=1S/C20H23N3O2.ClH/c1-22(16-9-10-21-12-16)20(25)15-11-19(24)23(13-15)18-8-4-6-14-5-2-3-7-17(14)18;/h2-8,15-16,21H,9-13H2,1H3;1H. The number of fused-ring (bicyclic) bond motifs is 1. The van der Waals surface area contributed by atoms with Crippen molar-refractivity contribution in [2.45, 2.75) is 18.9 Å². The zero-order chi connectivity index (χ0) is 17.4. The normalized spacial score (nSPS) is 22.5. The van der Waals surface area contributed by atoms with Gasteiger partial charge in [0.15, 0.2) is 0 Å². The average molecular weight is 374 g/mol. The second kappa shape index (κ2) is 7.64. The van der Waals surface area contributed by atoms with E-state index in [1.54, 1.807) is 4.90 Å². The highest BCUT2D eigenvalue weighted by Crippen LogP contribution is 2.32. The highest BCUT2D eigenvalue weighted by molar-refractivity contribution is 6.07. The van der Waals surface area contributed by atoms with E-state index in [1.165, 1.54) is 0 Å². The summed E-state index contributed by atoms with van der Waals surface area (Å²) in [5, 5.41) is 5.45. The van der Waals surface area contributed by atoms with E-state index in [-0.39, 0.29) is 36.2 Å². The molecule has 2 saturated heterocycles. The van der Waals surface area contributed by atoms with Gasteiger partial charge in [0.05, 0.1) is 11.6 Å². The highest BCUT2D eigenvalue weighted by Gasteiger charge is 2.38. The first-order chi connectivity index (χ1) is 12.1. The molecule has 2 heterocycles. The molecule has 2 amide bonds. The van der Waals surface area contributed by atoms with Gasteiger partial charge >= 0.3 is 0 Å². The van der Waals surface area contributed by atoms with Crippen LogP contribution in [0.15, 0.2) is 42.5 Å². The van der Waals surface area contributed by atoms with Crippen molar-refractivity contribution in [3.05, 3.63) is 42.5 Å². The molecule has 1 N–H and O–H groups in total. The van der Waals surface area contributed by atoms with Gasteiger partial charge in [-0.15, -0.1) is 12.4 Å². The van der Waals surface area contributed by atoms with Crippen LogP contribution in [0.1, 0.15) is 12.8 Å². The topological polar surface area (TPSA) is 52.7 Å². The van der Waals surface area contributed by atoms with Crippen molar-refractivity contribution in [2.24, 2.45) is 5.92 Å². The molecule has 2 aromatic carbocycles. The minimum Gasteiger partial charge on any atom is -0.341 e. The van der Waals surface area contributed by atoms with Crippen LogP contribution in [0.25, 0.3) is 10.8 Å². The van der Waals surface area contributed by atoms with Crippen LogP contribution in [0.2, 0.25) is 0 Å². The molecule has 0 radical (unpaired) electrons. The number of hydrogen-bond acceptors (Lipinski definition) is 3. The van der Waals surface area contributed by atoms with E-state index in [9.17, 15) is 9.59 Å². The summed E-state index contributed by atoms with van der Waals surface area (Å²) < 4.78 is 0. The lowest BCUT2D eigenvalue weighted by Gasteiger charge is -2.26. The number of amides is 2. The largest absolute Gasteiger partial charge is 0.341 e. The van der Waals surface area contributed by atoms with E-state index in [0.29, 0.717) is 13.0 Å². The first-order valence-corrected chi connectivity index (χ1v) is 8.90. The Bertz CT molecular complexity index is 814. The van der Waals surface area contributed by atoms with Gasteiger partial charge in [-0.3, -0.25) is 9.59 Å². The summed E-state index contributed by atoms with van der Waals surface area (Å²) >= 11 is 0. The van der Waals surface area contributed by atoms with Crippen LogP contribution in [-0.2, 0) is 9.59 Å². The molecular formula is C20H24ClN3O2. The quantitative estimate of drug-likeness (QED) is 0.899. The minimum atomic E-state index is -0.253. The van der Waals surface area contributed by atoms with Crippen LogP contribution in [0.4, 0.5) is 5.69 Å². The predicted octanol–water partition coefficient (Wildman–Crippen LogP) is 2.43. The van der Waals surface area contributed by atoms with Crippen LogP contribution < -0.4 is 10.2 Å². The van der Waals surface area contributed by atoms with E-state index in [0.717, 1.165) is 36.0 Å². The first-order valence-electron chi connectivity index (χ1n) is 8.90. The second-order valence-electron chi connectivity index (χ2n) is 7.00. The van der Waals surface area contributed by atoms with Gasteiger partial charge in [-0.1, -0.05) is 36.4 Å². The second-order valence-corrected chi connectivity index (χ2v) is 7.00. The van der Waals surface area contributed by atoms with E-state index in [2.05, 4.69) is 5.32 Å². The average Bonchev–Trinajstić information content (AvgIpc) is 3.30. The SMILES string of the molecule is CN(C(=O)C1CC(=O)N(c2cccc3ccccc23)C1)C1CCNC1.Cl. The van der Waals surface area contributed by atoms with Crippen molar-refractivity contribution >= 4 is 40.7 Å². The Labute approximate surface area is 159 Å². The van der Waals surface area contributed by atoms with E-state index in [4.69, 9.17) is 0 Å². The zero-order valence-corrected chi connectivity index (χ0v) is 15.7. The fraction of sp³-hybridized carbons (Fsp3) is 0.400. The maximum Gasteiger partial charge on any atom is 0.228 e. The highest BCUT2D eigenvalue weighted by atomic mass is 35.5. The lowest BCUT2D eigenvalue weighted by molar-refractivity contribution is -0.136. The molecule has 2 unspecified atom stereocenters. The van der Waals surface area contributed by atoms with Gasteiger partial charge in [-0.2, -0.15) is 0 Å². The zero-order valence-electron chi connectivity index (χ0n) is 14.9. The number of nitrogens with one attached hydrogen (secondary N) is 1. The minimum absolute atomic E-state index is 0. The van der Waals surface area contributed by atoms with Crippen molar-refractivity contribution in [3.8, 4) is 0 Å². The third-order valence-corrected chi connectivity index (χ3v) is 5.46. The van der Waals surface area contributed by atoms with Gasteiger partial charge in [-0.05, 0) is 24.4 Å². The number of anilines is 1. The summed E-state index contributed by atoms with van der Waals surface area (Å²) in [6.07, 6.45) is 1.28. The Kier molecular flexibility index (Phi) is 5.49. The van der Waals surface area contributed by atoms with Crippen LogP contribution in [-0.4, -0.2) is 49.4 Å². The number of nitrogens with zero attached hydrogens (tertiary/aromatic N) is 2. The van der Waals surface area contributed by atoms with Gasteiger partial charge in [-0.25, -0.2) is 0 Å². The summed E-state index contributed by atoms with van der Waals surface area (Å²) in [5.74, 6) is -0.130. The number of rotatable bonds is 3. The number of carbonyl (C=O) groups is 2. The molecule has 0 saturated carbocycles. The van der Waals surface area contributed by atoms with Crippen molar-refractivity contribution in [3.63, 3.8) is 0 Å². The number of carbonyl (C=O) groups excluding carboxylic acids is 2. The van der Waals surface area contributed by atoms with Crippen molar-refractivity contribution in [1.29, 1.82) is 0 Å². The molecule has 4 rings (SSSR count). The molecule has 26 heavy (non-hydrogen) atoms. The molecule has 0 aromatic heterocycles. The third kappa shape index (κ3) is 3.29. The summed E-state index contributed by atoms with van der Waals surface area (Å²) in [5.41, 5.74) is 0.906. The fourth-order valence-corrected chi connectivity index (χ4v) is 3.99. The first kappa shape index (κ1) is 18.7. The lowest BCUT2D eigenvalue weighted by atomic mass is 10.1. The molecule has 0 spiro atoms. The fourth-order valence-electron chi connectivity index (χ4n) is 3.99. The van der Waals surface area contributed by atoms with Crippen molar-refractivity contribution < 1.29 is 9.59 Å². The molecule has 5 nitrogen and oxygen atoms in total. The number of hydrogen-bond donors (Lipinski definition) is 1. The number of likely N-dealkylation sites (N-methyl/N-ethyl adjacent to an activating group) is 1. The molecule has 0 bridgehead atoms. The summed E-state index contributed by atoms with van der Waals surface area (Å²) in [6.45, 7) is 2.26. The Morgan fingerprint density at radius 1 is 1.19 bits per heavy atom. The molecule has 2 fully saturated rings.